The van der Waals surface area contributed by atoms with E-state index in [0.717, 1.165) is 48.9 Å². The lowest BCUT2D eigenvalue weighted by atomic mass is 10.1. The molecule has 0 unspecified atom stereocenters. The van der Waals surface area contributed by atoms with Gasteiger partial charge in [-0.05, 0) is 19.8 Å². The van der Waals surface area contributed by atoms with Gasteiger partial charge in [0.1, 0.15) is 16.8 Å². The molecule has 1 aromatic heterocycles. The van der Waals surface area contributed by atoms with Crippen molar-refractivity contribution in [3.05, 3.63) is 16.5 Å². The van der Waals surface area contributed by atoms with Crippen LogP contribution >= 0.6 is 23.4 Å². The molecule has 0 spiro atoms. The van der Waals surface area contributed by atoms with Crippen LogP contribution in [0.5, 0.6) is 0 Å². The van der Waals surface area contributed by atoms with E-state index in [1.807, 2.05) is 18.7 Å². The third kappa shape index (κ3) is 3.79. The van der Waals surface area contributed by atoms with Crippen LogP contribution in [0.25, 0.3) is 0 Å². The van der Waals surface area contributed by atoms with E-state index in [1.54, 1.807) is 0 Å². The normalized spacial score (nSPS) is 18.9. The Hall–Kier alpha value is -0.480. The summed E-state index contributed by atoms with van der Waals surface area (Å²) >= 11 is 8.33. The van der Waals surface area contributed by atoms with Gasteiger partial charge in [-0.25, -0.2) is 9.97 Å². The number of thioether (sulfide) groups is 1. The smallest absolute Gasteiger partial charge is 0.137 e. The zero-order valence-electron chi connectivity index (χ0n) is 12.9. The van der Waals surface area contributed by atoms with E-state index in [-0.39, 0.29) is 0 Å². The van der Waals surface area contributed by atoms with E-state index in [2.05, 4.69) is 30.7 Å². The van der Waals surface area contributed by atoms with Gasteiger partial charge in [0.25, 0.3) is 0 Å². The fraction of sp³-hybridized carbons (Fsp3) is 0.733. The van der Waals surface area contributed by atoms with Crippen LogP contribution in [-0.2, 0) is 6.42 Å². The quantitative estimate of drug-likeness (QED) is 0.785. The molecular weight excluding hydrogens is 290 g/mol. The molecule has 2 heterocycles. The van der Waals surface area contributed by atoms with Crippen molar-refractivity contribution in [1.29, 1.82) is 0 Å². The van der Waals surface area contributed by atoms with Crippen LogP contribution in [0, 0.1) is 6.92 Å². The van der Waals surface area contributed by atoms with Crippen molar-refractivity contribution in [3.63, 3.8) is 0 Å². The summed E-state index contributed by atoms with van der Waals surface area (Å²) in [6, 6.07) is 0. The highest BCUT2D eigenvalue weighted by molar-refractivity contribution is 8.00. The Morgan fingerprint density at radius 1 is 1.30 bits per heavy atom. The first-order chi connectivity index (χ1) is 9.43. The number of hydrogen-bond donors (Lipinski definition) is 0. The third-order valence-corrected chi connectivity index (χ3v) is 5.46. The highest BCUT2D eigenvalue weighted by Gasteiger charge is 2.25. The van der Waals surface area contributed by atoms with Crippen molar-refractivity contribution in [2.45, 2.75) is 51.7 Å². The lowest BCUT2D eigenvalue weighted by Gasteiger charge is -2.25. The minimum atomic E-state index is 0.353. The molecule has 0 amide bonds. The zero-order chi connectivity index (χ0) is 14.8. The van der Waals surface area contributed by atoms with E-state index >= 15 is 0 Å². The second-order valence-electron chi connectivity index (χ2n) is 5.97. The first-order valence-corrected chi connectivity index (χ1v) is 8.71. The molecule has 0 radical (unpaired) electrons. The number of anilines is 1. The summed E-state index contributed by atoms with van der Waals surface area (Å²) in [7, 11) is 0. The van der Waals surface area contributed by atoms with Gasteiger partial charge in [0.15, 0.2) is 0 Å². The van der Waals surface area contributed by atoms with Gasteiger partial charge in [0.05, 0.1) is 0 Å². The van der Waals surface area contributed by atoms with Gasteiger partial charge in [0.2, 0.25) is 0 Å². The molecule has 20 heavy (non-hydrogen) atoms. The third-order valence-electron chi connectivity index (χ3n) is 3.72. The monoisotopic (exact) mass is 313 g/mol. The Morgan fingerprint density at radius 2 is 2.05 bits per heavy atom. The van der Waals surface area contributed by atoms with E-state index in [9.17, 15) is 0 Å². The average Bonchev–Trinajstić information content (AvgIpc) is 2.55. The Morgan fingerprint density at radius 3 is 2.75 bits per heavy atom. The molecule has 1 saturated heterocycles. The highest BCUT2D eigenvalue weighted by Crippen LogP contribution is 2.33. The predicted octanol–water partition coefficient (Wildman–Crippen LogP) is 4.11. The maximum Gasteiger partial charge on any atom is 0.137 e. The van der Waals surface area contributed by atoms with Crippen molar-refractivity contribution in [2.75, 3.05) is 23.7 Å². The molecule has 1 aromatic rings. The van der Waals surface area contributed by atoms with Crippen LogP contribution in [0.1, 0.15) is 45.0 Å². The van der Waals surface area contributed by atoms with Crippen LogP contribution in [0.2, 0.25) is 5.15 Å². The van der Waals surface area contributed by atoms with Gasteiger partial charge < -0.3 is 4.90 Å². The number of halogens is 1. The predicted molar refractivity (Wildman–Crippen MR) is 89.1 cm³/mol. The lowest BCUT2D eigenvalue weighted by molar-refractivity contribution is 0.633. The number of aromatic nitrogens is 2. The van der Waals surface area contributed by atoms with Crippen LogP contribution in [0.3, 0.4) is 0 Å². The Balaban J connectivity index is 2.27. The van der Waals surface area contributed by atoms with Crippen LogP contribution in [0.15, 0.2) is 0 Å². The van der Waals surface area contributed by atoms with Crippen LogP contribution in [0.4, 0.5) is 5.82 Å². The lowest BCUT2D eigenvalue weighted by Crippen LogP contribution is -2.29. The Kier molecular flexibility index (Phi) is 5.19. The molecule has 0 N–H and O–H groups in total. The first kappa shape index (κ1) is 15.9. The number of aryl methyl sites for hydroxylation is 1. The van der Waals surface area contributed by atoms with Crippen molar-refractivity contribution >= 4 is 29.2 Å². The summed E-state index contributed by atoms with van der Waals surface area (Å²) < 4.78 is 0.353. The molecule has 1 fully saturated rings. The summed E-state index contributed by atoms with van der Waals surface area (Å²) in [6.45, 7) is 10.9. The SMILES string of the molecule is CCCc1nc(Cl)c(C)c(N2CCSC(C)(C)CC2)n1. The van der Waals surface area contributed by atoms with E-state index in [1.165, 1.54) is 6.42 Å². The largest absolute Gasteiger partial charge is 0.355 e. The first-order valence-electron chi connectivity index (χ1n) is 7.35. The molecule has 0 aromatic carbocycles. The van der Waals surface area contributed by atoms with Crippen molar-refractivity contribution in [1.82, 2.24) is 9.97 Å². The molecule has 0 atom stereocenters. The van der Waals surface area contributed by atoms with Crippen LogP contribution in [-0.4, -0.2) is 33.6 Å². The van der Waals surface area contributed by atoms with Gasteiger partial charge in [-0.1, -0.05) is 32.4 Å². The highest BCUT2D eigenvalue weighted by atomic mass is 35.5. The molecule has 2 rings (SSSR count). The van der Waals surface area contributed by atoms with Gasteiger partial charge in [-0.2, -0.15) is 11.8 Å². The molecular formula is C15H24ClN3S. The van der Waals surface area contributed by atoms with Crippen LogP contribution < -0.4 is 4.90 Å². The molecule has 3 nitrogen and oxygen atoms in total. The standard InChI is InChI=1S/C15H24ClN3S/c1-5-6-12-17-13(16)11(2)14(18-12)19-8-7-15(3,4)20-10-9-19/h5-10H2,1-4H3. The number of nitrogens with zero attached hydrogens (tertiary/aromatic N) is 3. The Labute approximate surface area is 131 Å². The Bertz CT molecular complexity index is 476. The maximum atomic E-state index is 6.29. The van der Waals surface area contributed by atoms with Gasteiger partial charge in [-0.3, -0.25) is 0 Å². The average molecular weight is 314 g/mol. The van der Waals surface area contributed by atoms with E-state index < -0.39 is 0 Å². The number of rotatable bonds is 3. The van der Waals surface area contributed by atoms with E-state index in [0.29, 0.717) is 9.90 Å². The summed E-state index contributed by atoms with van der Waals surface area (Å²) in [5.74, 6) is 3.04. The topological polar surface area (TPSA) is 29.0 Å². The second-order valence-corrected chi connectivity index (χ2v) is 8.13. The van der Waals surface area contributed by atoms with Gasteiger partial charge in [-0.15, -0.1) is 0 Å². The number of hydrogen-bond acceptors (Lipinski definition) is 4. The van der Waals surface area contributed by atoms with Gasteiger partial charge in [0, 0.05) is 35.6 Å². The van der Waals surface area contributed by atoms with Crippen molar-refractivity contribution in [2.24, 2.45) is 0 Å². The molecule has 0 aliphatic carbocycles. The van der Waals surface area contributed by atoms with E-state index in [4.69, 9.17) is 16.6 Å². The minimum absolute atomic E-state index is 0.353. The van der Waals surface area contributed by atoms with Crippen molar-refractivity contribution in [3.8, 4) is 0 Å². The second kappa shape index (κ2) is 6.52. The minimum Gasteiger partial charge on any atom is -0.355 e. The maximum absolute atomic E-state index is 6.29. The molecule has 5 heteroatoms. The zero-order valence-corrected chi connectivity index (χ0v) is 14.4. The summed E-state index contributed by atoms with van der Waals surface area (Å²) in [5.41, 5.74) is 1.01. The fourth-order valence-corrected chi connectivity index (χ4v) is 3.68. The molecule has 112 valence electrons. The fourth-order valence-electron chi connectivity index (χ4n) is 2.40. The summed E-state index contributed by atoms with van der Waals surface area (Å²) in [5, 5.41) is 0.606. The molecule has 1 aliphatic rings. The van der Waals surface area contributed by atoms with Gasteiger partial charge >= 0.3 is 0 Å². The molecule has 0 saturated carbocycles. The summed E-state index contributed by atoms with van der Waals surface area (Å²) in [6.07, 6.45) is 3.10. The summed E-state index contributed by atoms with van der Waals surface area (Å²) in [4.78, 5) is 11.5. The van der Waals surface area contributed by atoms with Crippen molar-refractivity contribution < 1.29 is 0 Å². The molecule has 0 bridgehead atoms. The molecule has 1 aliphatic heterocycles.